The number of rotatable bonds is 7. The van der Waals surface area contributed by atoms with Crippen LogP contribution in [0, 0.1) is 0 Å². The number of fused-ring (bicyclic) bond motifs is 1. The summed E-state index contributed by atoms with van der Waals surface area (Å²) < 4.78 is 4.79. The summed E-state index contributed by atoms with van der Waals surface area (Å²) in [5.74, 6) is 0.866. The van der Waals surface area contributed by atoms with Gasteiger partial charge in [0.25, 0.3) is 0 Å². The van der Waals surface area contributed by atoms with E-state index in [1.807, 2.05) is 32.0 Å². The third-order valence-electron chi connectivity index (χ3n) is 4.24. The van der Waals surface area contributed by atoms with Crippen LogP contribution >= 0.6 is 23.4 Å². The quantitative estimate of drug-likeness (QED) is 0.316. The van der Waals surface area contributed by atoms with E-state index in [-0.39, 0.29) is 5.69 Å². The van der Waals surface area contributed by atoms with Gasteiger partial charge in [-0.05, 0) is 25.5 Å². The fraction of sp³-hybridized carbons (Fsp3) is 0.300. The Morgan fingerprint density at radius 3 is 2.46 bits per heavy atom. The van der Waals surface area contributed by atoms with E-state index in [1.165, 1.54) is 30.5 Å². The van der Waals surface area contributed by atoms with Gasteiger partial charge in [0.2, 0.25) is 0 Å². The molecule has 2 aromatic heterocycles. The Hall–Kier alpha value is -2.38. The van der Waals surface area contributed by atoms with Gasteiger partial charge in [-0.2, -0.15) is 0 Å². The number of nitrogens with zero attached hydrogens (tertiary/aromatic N) is 4. The highest BCUT2D eigenvalue weighted by Crippen LogP contribution is 2.31. The minimum absolute atomic E-state index is 0.140. The zero-order chi connectivity index (χ0) is 20.1. The van der Waals surface area contributed by atoms with E-state index < -0.39 is 5.97 Å². The molecule has 0 N–H and O–H groups in total. The molecule has 0 saturated heterocycles. The number of hydrogen-bond acceptors (Lipinski definition) is 7. The van der Waals surface area contributed by atoms with Crippen molar-refractivity contribution in [2.45, 2.75) is 24.8 Å². The van der Waals surface area contributed by atoms with Gasteiger partial charge >= 0.3 is 5.97 Å². The zero-order valence-electron chi connectivity index (χ0n) is 16.0. The van der Waals surface area contributed by atoms with Crippen LogP contribution in [0.2, 0.25) is 5.02 Å². The molecule has 3 rings (SSSR count). The van der Waals surface area contributed by atoms with Crippen molar-refractivity contribution in [1.29, 1.82) is 0 Å². The number of halogens is 1. The standard InChI is InChI=1S/C20H21ClN4O2S/c1-4-25(5-2)18-17-16(14(21)11-15(22-17)19(26)27-3)23-20(24-18)28-12-13-9-7-6-8-10-13/h6-11H,4-5,12H2,1-3H3. The van der Waals surface area contributed by atoms with Crippen LogP contribution in [-0.4, -0.2) is 41.1 Å². The summed E-state index contributed by atoms with van der Waals surface area (Å²) in [5, 5.41) is 0.968. The molecular weight excluding hydrogens is 396 g/mol. The van der Waals surface area contributed by atoms with Crippen molar-refractivity contribution in [3.63, 3.8) is 0 Å². The van der Waals surface area contributed by atoms with Crippen LogP contribution in [0.5, 0.6) is 0 Å². The van der Waals surface area contributed by atoms with Gasteiger partial charge in [-0.1, -0.05) is 53.7 Å². The molecular formula is C20H21ClN4O2S. The SMILES string of the molecule is CCN(CC)c1nc(SCc2ccccc2)nc2c(Cl)cc(C(=O)OC)nc12. The van der Waals surface area contributed by atoms with Gasteiger partial charge in [0, 0.05) is 18.8 Å². The molecule has 0 radical (unpaired) electrons. The van der Waals surface area contributed by atoms with Crippen molar-refractivity contribution < 1.29 is 9.53 Å². The lowest BCUT2D eigenvalue weighted by Crippen LogP contribution is -2.24. The van der Waals surface area contributed by atoms with Crippen molar-refractivity contribution in [3.05, 3.63) is 52.7 Å². The number of anilines is 1. The minimum Gasteiger partial charge on any atom is -0.464 e. The molecule has 6 nitrogen and oxygen atoms in total. The molecule has 0 unspecified atom stereocenters. The Morgan fingerprint density at radius 2 is 1.82 bits per heavy atom. The topological polar surface area (TPSA) is 68.2 Å². The zero-order valence-corrected chi connectivity index (χ0v) is 17.5. The molecule has 146 valence electrons. The summed E-state index contributed by atoms with van der Waals surface area (Å²) in [4.78, 5) is 27.8. The third kappa shape index (κ3) is 4.36. The molecule has 3 aromatic rings. The van der Waals surface area contributed by atoms with Crippen molar-refractivity contribution in [2.24, 2.45) is 0 Å². The van der Waals surface area contributed by atoms with E-state index in [0.29, 0.717) is 27.0 Å². The molecule has 0 saturated carbocycles. The maximum absolute atomic E-state index is 12.0. The summed E-state index contributed by atoms with van der Waals surface area (Å²) >= 11 is 7.99. The second-order valence-electron chi connectivity index (χ2n) is 5.95. The third-order valence-corrected chi connectivity index (χ3v) is 5.44. The number of hydrogen-bond donors (Lipinski definition) is 0. The number of aromatic nitrogens is 3. The number of esters is 1. The van der Waals surface area contributed by atoms with Gasteiger partial charge in [0.05, 0.1) is 12.1 Å². The molecule has 2 heterocycles. The lowest BCUT2D eigenvalue weighted by molar-refractivity contribution is 0.0594. The maximum Gasteiger partial charge on any atom is 0.356 e. The largest absolute Gasteiger partial charge is 0.464 e. The molecule has 0 aliphatic heterocycles. The van der Waals surface area contributed by atoms with E-state index in [2.05, 4.69) is 27.0 Å². The molecule has 8 heteroatoms. The Morgan fingerprint density at radius 1 is 1.11 bits per heavy atom. The second kappa shape index (κ2) is 9.21. The minimum atomic E-state index is -0.545. The van der Waals surface area contributed by atoms with Crippen LogP contribution in [0.25, 0.3) is 11.0 Å². The number of benzene rings is 1. The van der Waals surface area contributed by atoms with Crippen LogP contribution in [-0.2, 0) is 10.5 Å². The van der Waals surface area contributed by atoms with Crippen LogP contribution in [0.15, 0.2) is 41.6 Å². The first-order valence-corrected chi connectivity index (χ1v) is 10.3. The lowest BCUT2D eigenvalue weighted by atomic mass is 10.2. The Bertz CT molecular complexity index is 981. The molecule has 0 aliphatic carbocycles. The first kappa shape index (κ1) is 20.4. The number of carbonyl (C=O) groups excluding carboxylic acids is 1. The van der Waals surface area contributed by atoms with E-state index in [9.17, 15) is 4.79 Å². The van der Waals surface area contributed by atoms with Crippen LogP contribution in [0.3, 0.4) is 0 Å². The number of carbonyl (C=O) groups is 1. The van der Waals surface area contributed by atoms with Crippen molar-refractivity contribution in [2.75, 3.05) is 25.1 Å². The molecule has 0 amide bonds. The average Bonchev–Trinajstić information content (AvgIpc) is 2.73. The van der Waals surface area contributed by atoms with Gasteiger partial charge < -0.3 is 9.64 Å². The molecule has 1 aromatic carbocycles. The molecule has 0 aliphatic rings. The van der Waals surface area contributed by atoms with Gasteiger partial charge in [-0.3, -0.25) is 0 Å². The normalized spacial score (nSPS) is 10.9. The fourth-order valence-corrected chi connectivity index (χ4v) is 3.80. The van der Waals surface area contributed by atoms with Crippen molar-refractivity contribution >= 4 is 46.2 Å². The van der Waals surface area contributed by atoms with Crippen molar-refractivity contribution in [3.8, 4) is 0 Å². The Balaban J connectivity index is 2.09. The Labute approximate surface area is 173 Å². The molecule has 0 spiro atoms. The van der Waals surface area contributed by atoms with Crippen LogP contribution < -0.4 is 4.90 Å². The van der Waals surface area contributed by atoms with Gasteiger partial charge in [0.1, 0.15) is 11.0 Å². The first-order valence-electron chi connectivity index (χ1n) is 8.95. The monoisotopic (exact) mass is 416 g/mol. The number of ether oxygens (including phenoxy) is 1. The van der Waals surface area contributed by atoms with Gasteiger partial charge in [-0.25, -0.2) is 19.7 Å². The van der Waals surface area contributed by atoms with Crippen LogP contribution in [0.4, 0.5) is 5.82 Å². The summed E-state index contributed by atoms with van der Waals surface area (Å²) in [6.45, 7) is 5.57. The average molecular weight is 417 g/mol. The summed E-state index contributed by atoms with van der Waals surface area (Å²) in [6.07, 6.45) is 0. The Kier molecular flexibility index (Phi) is 6.70. The first-order chi connectivity index (χ1) is 13.6. The highest BCUT2D eigenvalue weighted by molar-refractivity contribution is 7.98. The summed E-state index contributed by atoms with van der Waals surface area (Å²) in [5.41, 5.74) is 2.36. The van der Waals surface area contributed by atoms with E-state index >= 15 is 0 Å². The lowest BCUT2D eigenvalue weighted by Gasteiger charge is -2.21. The predicted octanol–water partition coefficient (Wildman–Crippen LogP) is 4.60. The van der Waals surface area contributed by atoms with Gasteiger partial charge in [0.15, 0.2) is 16.7 Å². The van der Waals surface area contributed by atoms with E-state index in [4.69, 9.17) is 21.3 Å². The van der Waals surface area contributed by atoms with Gasteiger partial charge in [-0.15, -0.1) is 0 Å². The predicted molar refractivity (Wildman–Crippen MR) is 113 cm³/mol. The molecule has 28 heavy (non-hydrogen) atoms. The fourth-order valence-electron chi connectivity index (χ4n) is 2.77. The molecule has 0 bridgehead atoms. The van der Waals surface area contributed by atoms with Crippen molar-refractivity contribution in [1.82, 2.24) is 15.0 Å². The van der Waals surface area contributed by atoms with E-state index in [0.717, 1.165) is 18.8 Å². The number of thioether (sulfide) groups is 1. The maximum atomic E-state index is 12.0. The molecule has 0 atom stereocenters. The molecule has 0 fully saturated rings. The smallest absolute Gasteiger partial charge is 0.356 e. The second-order valence-corrected chi connectivity index (χ2v) is 7.30. The number of pyridine rings is 1. The highest BCUT2D eigenvalue weighted by Gasteiger charge is 2.20. The van der Waals surface area contributed by atoms with E-state index in [1.54, 1.807) is 0 Å². The summed E-state index contributed by atoms with van der Waals surface area (Å²) in [7, 11) is 1.31. The highest BCUT2D eigenvalue weighted by atomic mass is 35.5. The summed E-state index contributed by atoms with van der Waals surface area (Å²) in [6, 6.07) is 11.6. The van der Waals surface area contributed by atoms with Crippen LogP contribution in [0.1, 0.15) is 29.9 Å². The number of methoxy groups -OCH3 is 1.